The Morgan fingerprint density at radius 1 is 1.56 bits per heavy atom. The van der Waals surface area contributed by atoms with Gasteiger partial charge >= 0.3 is 5.97 Å². The number of nitro groups is 1. The maximum atomic E-state index is 13.4. The maximum absolute atomic E-state index is 13.4. The Morgan fingerprint density at radius 2 is 2.22 bits per heavy atom. The summed E-state index contributed by atoms with van der Waals surface area (Å²) in [5.74, 6) is -1.77. The third-order valence-corrected chi connectivity index (χ3v) is 2.05. The topological polar surface area (TPSA) is 78.7 Å². The van der Waals surface area contributed by atoms with Crippen LogP contribution in [-0.2, 0) is 9.53 Å². The highest BCUT2D eigenvalue weighted by molar-refractivity contribution is 5.74. The van der Waals surface area contributed by atoms with Gasteiger partial charge in [0.25, 0.3) is 5.69 Å². The number of benzene rings is 1. The van der Waals surface area contributed by atoms with Crippen molar-refractivity contribution >= 4 is 11.7 Å². The van der Waals surface area contributed by atoms with E-state index in [0.717, 1.165) is 18.2 Å². The predicted octanol–water partition coefficient (Wildman–Crippen LogP) is 2.06. The van der Waals surface area contributed by atoms with E-state index in [2.05, 4.69) is 4.74 Å². The second-order valence-corrected chi connectivity index (χ2v) is 3.38. The van der Waals surface area contributed by atoms with E-state index in [1.165, 1.54) is 6.92 Å². The van der Waals surface area contributed by atoms with E-state index in [0.29, 0.717) is 0 Å². The van der Waals surface area contributed by atoms with Crippen LogP contribution < -0.4 is 4.74 Å². The Bertz CT molecular complexity index is 463. The van der Waals surface area contributed by atoms with Crippen LogP contribution in [0.2, 0.25) is 0 Å². The largest absolute Gasteiger partial charge is 0.476 e. The molecule has 0 aliphatic rings. The summed E-state index contributed by atoms with van der Waals surface area (Å²) in [6, 6.07) is 2.92. The summed E-state index contributed by atoms with van der Waals surface area (Å²) >= 11 is 0. The minimum absolute atomic E-state index is 0.190. The van der Waals surface area contributed by atoms with Gasteiger partial charge in [-0.1, -0.05) is 0 Å². The first-order chi connectivity index (χ1) is 8.45. The number of non-ortho nitro benzene ring substituents is 1. The minimum Gasteiger partial charge on any atom is -0.476 e. The Kier molecular flexibility index (Phi) is 4.59. The van der Waals surface area contributed by atoms with Gasteiger partial charge in [-0.3, -0.25) is 10.1 Å². The number of esters is 1. The molecule has 1 atom stereocenters. The van der Waals surface area contributed by atoms with E-state index >= 15 is 0 Å². The van der Waals surface area contributed by atoms with Crippen LogP contribution in [-0.4, -0.2) is 23.6 Å². The van der Waals surface area contributed by atoms with Gasteiger partial charge in [-0.2, -0.15) is 0 Å². The molecule has 0 radical (unpaired) electrons. The first-order valence-corrected chi connectivity index (χ1v) is 5.23. The molecule has 6 nitrogen and oxygen atoms in total. The molecular weight excluding hydrogens is 245 g/mol. The Morgan fingerprint density at radius 3 is 2.72 bits per heavy atom. The molecule has 0 fully saturated rings. The molecule has 0 spiro atoms. The summed E-state index contributed by atoms with van der Waals surface area (Å²) in [7, 11) is 0. The van der Waals surface area contributed by atoms with Crippen molar-refractivity contribution in [1.29, 1.82) is 0 Å². The third kappa shape index (κ3) is 3.41. The Hall–Kier alpha value is -2.18. The molecule has 1 aromatic rings. The van der Waals surface area contributed by atoms with Gasteiger partial charge in [-0.15, -0.1) is 0 Å². The third-order valence-electron chi connectivity index (χ3n) is 2.05. The normalized spacial score (nSPS) is 11.7. The van der Waals surface area contributed by atoms with Crippen LogP contribution in [0.1, 0.15) is 13.8 Å². The van der Waals surface area contributed by atoms with Crippen LogP contribution in [0.4, 0.5) is 10.1 Å². The van der Waals surface area contributed by atoms with E-state index in [-0.39, 0.29) is 18.0 Å². The van der Waals surface area contributed by atoms with Crippen LogP contribution in [0.25, 0.3) is 0 Å². The fourth-order valence-electron chi connectivity index (χ4n) is 1.20. The predicted molar refractivity (Wildman–Crippen MR) is 59.8 cm³/mol. The molecule has 0 heterocycles. The second-order valence-electron chi connectivity index (χ2n) is 3.38. The highest BCUT2D eigenvalue weighted by Crippen LogP contribution is 2.23. The monoisotopic (exact) mass is 257 g/mol. The number of carbonyl (C=O) groups excluding carboxylic acids is 1. The number of rotatable bonds is 5. The number of hydrogen-bond acceptors (Lipinski definition) is 5. The lowest BCUT2D eigenvalue weighted by Gasteiger charge is -2.13. The van der Waals surface area contributed by atoms with Crippen LogP contribution >= 0.6 is 0 Å². The zero-order chi connectivity index (χ0) is 13.7. The average molecular weight is 257 g/mol. The molecule has 1 unspecified atom stereocenters. The van der Waals surface area contributed by atoms with E-state index < -0.39 is 22.8 Å². The van der Waals surface area contributed by atoms with E-state index in [9.17, 15) is 19.3 Å². The van der Waals surface area contributed by atoms with E-state index in [1.54, 1.807) is 6.92 Å². The molecule has 0 N–H and O–H groups in total. The number of hydrogen-bond donors (Lipinski definition) is 0. The molecule has 0 aliphatic carbocycles. The maximum Gasteiger partial charge on any atom is 0.347 e. The molecule has 18 heavy (non-hydrogen) atoms. The molecule has 1 aromatic carbocycles. The number of halogens is 1. The molecule has 1 rings (SSSR count). The lowest BCUT2D eigenvalue weighted by Crippen LogP contribution is -2.26. The number of nitro benzene ring substituents is 1. The first-order valence-electron chi connectivity index (χ1n) is 5.23. The standard InChI is InChI=1S/C11H12FNO5/c1-3-17-11(14)7(2)18-10-5-4-8(13(15)16)6-9(10)12/h4-7H,3H2,1-2H3. The van der Waals surface area contributed by atoms with E-state index in [4.69, 9.17) is 4.74 Å². The Balaban J connectivity index is 2.79. The second kappa shape index (κ2) is 5.95. The highest BCUT2D eigenvalue weighted by Gasteiger charge is 2.19. The van der Waals surface area contributed by atoms with Gasteiger partial charge in [0.15, 0.2) is 17.7 Å². The van der Waals surface area contributed by atoms with Crippen LogP contribution in [0.15, 0.2) is 18.2 Å². The first kappa shape index (κ1) is 13.9. The molecule has 7 heteroatoms. The fourth-order valence-corrected chi connectivity index (χ4v) is 1.20. The highest BCUT2D eigenvalue weighted by atomic mass is 19.1. The Labute approximate surface area is 102 Å². The van der Waals surface area contributed by atoms with Crippen molar-refractivity contribution in [2.75, 3.05) is 6.61 Å². The number of nitrogens with zero attached hydrogens (tertiary/aromatic N) is 1. The van der Waals surface area contributed by atoms with Gasteiger partial charge in [-0.05, 0) is 19.9 Å². The zero-order valence-electron chi connectivity index (χ0n) is 9.88. The van der Waals surface area contributed by atoms with E-state index in [1.807, 2.05) is 0 Å². The van der Waals surface area contributed by atoms with Gasteiger partial charge in [-0.25, -0.2) is 9.18 Å². The van der Waals surface area contributed by atoms with Gasteiger partial charge in [0.1, 0.15) is 0 Å². The number of ether oxygens (including phenoxy) is 2. The fraction of sp³-hybridized carbons (Fsp3) is 0.364. The van der Waals surface area contributed by atoms with Gasteiger partial charge < -0.3 is 9.47 Å². The van der Waals surface area contributed by atoms with Crippen molar-refractivity contribution in [3.8, 4) is 5.75 Å². The number of carbonyl (C=O) groups is 1. The van der Waals surface area contributed by atoms with Crippen LogP contribution in [0, 0.1) is 15.9 Å². The summed E-state index contributed by atoms with van der Waals surface area (Å²) in [5.41, 5.74) is -0.386. The van der Waals surface area contributed by atoms with Gasteiger partial charge in [0.2, 0.25) is 0 Å². The van der Waals surface area contributed by atoms with Crippen molar-refractivity contribution in [3.05, 3.63) is 34.1 Å². The van der Waals surface area contributed by atoms with Gasteiger partial charge in [0.05, 0.1) is 17.6 Å². The summed E-state index contributed by atoms with van der Waals surface area (Å²) in [6.07, 6.45) is -0.985. The smallest absolute Gasteiger partial charge is 0.347 e. The molecule has 0 aliphatic heterocycles. The summed E-state index contributed by atoms with van der Waals surface area (Å²) in [4.78, 5) is 20.9. The van der Waals surface area contributed by atoms with Crippen LogP contribution in [0.3, 0.4) is 0 Å². The van der Waals surface area contributed by atoms with Gasteiger partial charge in [0, 0.05) is 6.07 Å². The SMILES string of the molecule is CCOC(=O)C(C)Oc1ccc([N+](=O)[O-])cc1F. The lowest BCUT2D eigenvalue weighted by atomic mass is 10.3. The summed E-state index contributed by atoms with van der Waals surface area (Å²) in [6.45, 7) is 3.23. The summed E-state index contributed by atoms with van der Waals surface area (Å²) < 4.78 is 23.1. The van der Waals surface area contributed by atoms with Crippen molar-refractivity contribution < 1.29 is 23.6 Å². The lowest BCUT2D eigenvalue weighted by molar-refractivity contribution is -0.385. The molecule has 0 aromatic heterocycles. The molecule has 98 valence electrons. The van der Waals surface area contributed by atoms with Crippen molar-refractivity contribution in [2.24, 2.45) is 0 Å². The van der Waals surface area contributed by atoms with Crippen LogP contribution in [0.5, 0.6) is 5.75 Å². The average Bonchev–Trinajstić information content (AvgIpc) is 2.31. The molecular formula is C11H12FNO5. The minimum atomic E-state index is -0.985. The quantitative estimate of drug-likeness (QED) is 0.458. The molecule has 0 saturated heterocycles. The molecule has 0 amide bonds. The van der Waals surface area contributed by atoms with Crippen molar-refractivity contribution in [2.45, 2.75) is 20.0 Å². The molecule has 0 saturated carbocycles. The molecule has 0 bridgehead atoms. The van der Waals surface area contributed by atoms with Crippen molar-refractivity contribution in [3.63, 3.8) is 0 Å². The zero-order valence-corrected chi connectivity index (χ0v) is 9.88. The van der Waals surface area contributed by atoms with Crippen molar-refractivity contribution in [1.82, 2.24) is 0 Å². The summed E-state index contributed by atoms with van der Waals surface area (Å²) in [5, 5.41) is 10.4.